The highest BCUT2D eigenvalue weighted by molar-refractivity contribution is 6.35. The largest absolute Gasteiger partial charge is 0.371 e. The zero-order chi connectivity index (χ0) is 17.1. The van der Waals surface area contributed by atoms with Gasteiger partial charge in [0.2, 0.25) is 0 Å². The Morgan fingerprint density at radius 3 is 2.92 bits per heavy atom. The van der Waals surface area contributed by atoms with Crippen LogP contribution in [0.4, 0.5) is 11.4 Å². The minimum absolute atomic E-state index is 0.300. The van der Waals surface area contributed by atoms with Crippen molar-refractivity contribution in [1.29, 1.82) is 0 Å². The number of piperidine rings is 1. The van der Waals surface area contributed by atoms with Crippen LogP contribution in [-0.2, 0) is 0 Å². The Hall–Kier alpha value is -1.78. The Labute approximate surface area is 151 Å². The fourth-order valence-electron chi connectivity index (χ4n) is 2.94. The summed E-state index contributed by atoms with van der Waals surface area (Å²) in [4.78, 5) is 19.0. The highest BCUT2D eigenvalue weighted by Gasteiger charge is 2.18. The molecule has 2 heterocycles. The molecule has 1 saturated heterocycles. The average molecular weight is 364 g/mol. The monoisotopic (exact) mass is 363 g/mol. The van der Waals surface area contributed by atoms with E-state index in [4.69, 9.17) is 23.2 Å². The molecule has 1 aromatic carbocycles. The molecule has 2 aromatic rings. The van der Waals surface area contributed by atoms with Gasteiger partial charge < -0.3 is 10.2 Å². The van der Waals surface area contributed by atoms with Crippen LogP contribution < -0.4 is 10.2 Å². The van der Waals surface area contributed by atoms with E-state index in [0.29, 0.717) is 27.3 Å². The van der Waals surface area contributed by atoms with Crippen LogP contribution in [0.15, 0.2) is 36.5 Å². The highest BCUT2D eigenvalue weighted by atomic mass is 35.5. The molecule has 1 atom stereocenters. The van der Waals surface area contributed by atoms with E-state index in [-0.39, 0.29) is 5.91 Å². The molecule has 4 nitrogen and oxygen atoms in total. The van der Waals surface area contributed by atoms with Gasteiger partial charge in [-0.05, 0) is 49.1 Å². The zero-order valence-electron chi connectivity index (χ0n) is 13.4. The molecular weight excluding hydrogens is 345 g/mol. The number of carbonyl (C=O) groups is 1. The maximum Gasteiger partial charge on any atom is 0.274 e. The van der Waals surface area contributed by atoms with E-state index in [1.807, 2.05) is 12.1 Å². The summed E-state index contributed by atoms with van der Waals surface area (Å²) >= 11 is 12.0. The number of rotatable bonds is 3. The maximum absolute atomic E-state index is 12.5. The number of anilines is 2. The number of aromatic nitrogens is 1. The van der Waals surface area contributed by atoms with Crippen molar-refractivity contribution in [2.24, 2.45) is 5.92 Å². The average Bonchev–Trinajstić information content (AvgIpc) is 2.58. The van der Waals surface area contributed by atoms with Gasteiger partial charge in [0.1, 0.15) is 5.69 Å². The van der Waals surface area contributed by atoms with Crippen molar-refractivity contribution in [2.45, 2.75) is 19.8 Å². The second kappa shape index (κ2) is 7.41. The van der Waals surface area contributed by atoms with Crippen LogP contribution in [0.5, 0.6) is 0 Å². The summed E-state index contributed by atoms with van der Waals surface area (Å²) in [5, 5.41) is 3.72. The van der Waals surface area contributed by atoms with E-state index in [1.165, 1.54) is 12.8 Å². The van der Waals surface area contributed by atoms with Crippen molar-refractivity contribution in [3.8, 4) is 0 Å². The lowest BCUT2D eigenvalue weighted by Gasteiger charge is -2.32. The Morgan fingerprint density at radius 1 is 1.29 bits per heavy atom. The number of carbonyl (C=O) groups excluding carboxylic acids is 1. The van der Waals surface area contributed by atoms with Crippen molar-refractivity contribution in [3.63, 3.8) is 0 Å². The smallest absolute Gasteiger partial charge is 0.274 e. The number of hydrogen-bond donors (Lipinski definition) is 1. The van der Waals surface area contributed by atoms with Gasteiger partial charge in [-0.25, -0.2) is 0 Å². The van der Waals surface area contributed by atoms with Gasteiger partial charge in [-0.3, -0.25) is 9.78 Å². The van der Waals surface area contributed by atoms with Gasteiger partial charge in [0.25, 0.3) is 5.91 Å². The molecule has 0 spiro atoms. The van der Waals surface area contributed by atoms with Crippen LogP contribution in [0.25, 0.3) is 0 Å². The second-order valence-electron chi connectivity index (χ2n) is 6.17. The molecule has 1 N–H and O–H groups in total. The maximum atomic E-state index is 12.5. The molecule has 1 unspecified atom stereocenters. The molecular formula is C18H19Cl2N3O. The first-order chi connectivity index (χ1) is 11.5. The number of nitrogens with zero attached hydrogens (tertiary/aromatic N) is 2. The summed E-state index contributed by atoms with van der Waals surface area (Å²) in [6.07, 6.45) is 4.09. The molecule has 1 aromatic heterocycles. The molecule has 0 aliphatic carbocycles. The molecule has 1 amide bonds. The third kappa shape index (κ3) is 4.00. The summed E-state index contributed by atoms with van der Waals surface area (Å²) in [6.45, 7) is 4.27. The molecule has 6 heteroatoms. The molecule has 24 heavy (non-hydrogen) atoms. The summed E-state index contributed by atoms with van der Waals surface area (Å²) in [7, 11) is 0. The Bertz CT molecular complexity index is 751. The molecule has 126 valence electrons. The molecule has 0 radical (unpaired) electrons. The van der Waals surface area contributed by atoms with Crippen molar-refractivity contribution in [1.82, 2.24) is 4.98 Å². The molecule has 0 saturated carbocycles. The summed E-state index contributed by atoms with van der Waals surface area (Å²) in [6, 6.07) is 8.72. The fourth-order valence-corrected chi connectivity index (χ4v) is 3.28. The summed E-state index contributed by atoms with van der Waals surface area (Å²) in [5.41, 5.74) is 1.87. The lowest BCUT2D eigenvalue weighted by Crippen LogP contribution is -2.34. The van der Waals surface area contributed by atoms with Gasteiger partial charge in [0, 0.05) is 30.0 Å². The number of halogens is 2. The number of hydrogen-bond acceptors (Lipinski definition) is 3. The van der Waals surface area contributed by atoms with Crippen molar-refractivity contribution >= 4 is 40.5 Å². The van der Waals surface area contributed by atoms with Crippen molar-refractivity contribution in [2.75, 3.05) is 23.3 Å². The summed E-state index contributed by atoms with van der Waals surface area (Å²) < 4.78 is 0. The first-order valence-electron chi connectivity index (χ1n) is 8.00. The van der Waals surface area contributed by atoms with Gasteiger partial charge in [0.05, 0.1) is 10.7 Å². The van der Waals surface area contributed by atoms with E-state index in [9.17, 15) is 4.79 Å². The normalized spacial score (nSPS) is 17.6. The van der Waals surface area contributed by atoms with E-state index in [0.717, 1.165) is 18.8 Å². The third-order valence-corrected chi connectivity index (χ3v) is 4.74. The molecule has 1 aliphatic rings. The predicted molar refractivity (Wildman–Crippen MR) is 99.3 cm³/mol. The molecule has 1 aliphatic heterocycles. The van der Waals surface area contributed by atoms with Gasteiger partial charge in [-0.1, -0.05) is 30.1 Å². The Morgan fingerprint density at radius 2 is 2.12 bits per heavy atom. The van der Waals surface area contributed by atoms with E-state index < -0.39 is 0 Å². The van der Waals surface area contributed by atoms with Gasteiger partial charge >= 0.3 is 0 Å². The van der Waals surface area contributed by atoms with Crippen LogP contribution in [0.1, 0.15) is 30.3 Å². The molecule has 3 rings (SSSR count). The van der Waals surface area contributed by atoms with Crippen LogP contribution >= 0.6 is 23.2 Å². The highest BCUT2D eigenvalue weighted by Crippen LogP contribution is 2.27. The van der Waals surface area contributed by atoms with Crippen LogP contribution in [0.3, 0.4) is 0 Å². The van der Waals surface area contributed by atoms with Gasteiger partial charge in [-0.15, -0.1) is 0 Å². The number of benzene rings is 1. The quantitative estimate of drug-likeness (QED) is 0.845. The Kier molecular flexibility index (Phi) is 5.27. The number of pyridine rings is 1. The Balaban J connectivity index is 1.78. The van der Waals surface area contributed by atoms with Crippen molar-refractivity contribution in [3.05, 3.63) is 52.3 Å². The minimum atomic E-state index is -0.300. The van der Waals surface area contributed by atoms with Crippen LogP contribution in [0.2, 0.25) is 10.0 Å². The molecule has 1 fully saturated rings. The van der Waals surface area contributed by atoms with Crippen molar-refractivity contribution < 1.29 is 4.79 Å². The second-order valence-corrected chi connectivity index (χ2v) is 7.01. The van der Waals surface area contributed by atoms with E-state index >= 15 is 0 Å². The zero-order valence-corrected chi connectivity index (χ0v) is 14.9. The minimum Gasteiger partial charge on any atom is -0.371 e. The topological polar surface area (TPSA) is 45.2 Å². The number of nitrogens with one attached hydrogen (secondary N) is 1. The van der Waals surface area contributed by atoms with E-state index in [1.54, 1.807) is 24.4 Å². The first kappa shape index (κ1) is 17.1. The lowest BCUT2D eigenvalue weighted by molar-refractivity contribution is 0.102. The number of amides is 1. The predicted octanol–water partition coefficient (Wildman–Crippen LogP) is 4.88. The molecule has 0 bridgehead atoms. The summed E-state index contributed by atoms with van der Waals surface area (Å²) in [5.74, 6) is 0.362. The fraction of sp³-hybridized carbons (Fsp3) is 0.333. The first-order valence-corrected chi connectivity index (χ1v) is 8.76. The van der Waals surface area contributed by atoms with Crippen LogP contribution in [-0.4, -0.2) is 24.0 Å². The van der Waals surface area contributed by atoms with Gasteiger partial charge in [0.15, 0.2) is 0 Å². The SMILES string of the molecule is CC1CCCN(c2ccnc(C(=O)Nc3cc(Cl)ccc3Cl)c2)C1. The third-order valence-electron chi connectivity index (χ3n) is 4.17. The van der Waals surface area contributed by atoms with E-state index in [2.05, 4.69) is 22.1 Å². The van der Waals surface area contributed by atoms with Gasteiger partial charge in [-0.2, -0.15) is 0 Å². The standard InChI is InChI=1S/C18H19Cl2N3O/c1-12-3-2-8-23(11-12)14-6-7-21-17(10-14)18(24)22-16-9-13(19)4-5-15(16)20/h4-7,9-10,12H,2-3,8,11H2,1H3,(H,22,24). The van der Waals surface area contributed by atoms with Crippen LogP contribution in [0, 0.1) is 5.92 Å². The lowest BCUT2D eigenvalue weighted by atomic mass is 10.00.